The van der Waals surface area contributed by atoms with E-state index >= 15 is 0 Å². The molecule has 0 aliphatic heterocycles. The molecule has 3 nitrogen and oxygen atoms in total. The van der Waals surface area contributed by atoms with Crippen LogP contribution >= 0.6 is 0 Å². The summed E-state index contributed by atoms with van der Waals surface area (Å²) in [6.45, 7) is 6.73. The fourth-order valence-corrected chi connectivity index (χ4v) is 1.46. The molecule has 0 unspecified atom stereocenters. The van der Waals surface area contributed by atoms with Gasteiger partial charge in [0.05, 0.1) is 12.1 Å². The Balaban J connectivity index is 2.33. The van der Waals surface area contributed by atoms with Crippen molar-refractivity contribution in [2.45, 2.75) is 0 Å². The van der Waals surface area contributed by atoms with Gasteiger partial charge in [0, 0.05) is 6.07 Å². The van der Waals surface area contributed by atoms with E-state index in [1.807, 2.05) is 0 Å². The van der Waals surface area contributed by atoms with Gasteiger partial charge in [-0.05, 0) is 0 Å². The van der Waals surface area contributed by atoms with Crippen LogP contribution in [0.2, 0.25) is 0 Å². The quantitative estimate of drug-likeness (QED) is 0.275. The first-order chi connectivity index (χ1) is 9.93. The monoisotopic (exact) mass is 295 g/mol. The van der Waals surface area contributed by atoms with E-state index in [0.717, 1.165) is 0 Å². The van der Waals surface area contributed by atoms with Crippen molar-refractivity contribution in [2.75, 3.05) is 0 Å². The Labute approximate surface area is 116 Å². The van der Waals surface area contributed by atoms with Gasteiger partial charge in [-0.2, -0.15) is 8.78 Å². The maximum absolute atomic E-state index is 13.3. The highest BCUT2D eigenvalue weighted by atomic mass is 19.2. The number of carbonyl (C=O) groups is 1. The van der Waals surface area contributed by atoms with E-state index in [1.165, 1.54) is 24.3 Å². The normalized spacial score (nSPS) is 10.0. The van der Waals surface area contributed by atoms with Crippen molar-refractivity contribution < 1.29 is 27.1 Å². The van der Waals surface area contributed by atoms with E-state index in [9.17, 15) is 22.4 Å². The van der Waals surface area contributed by atoms with Crippen LogP contribution in [-0.4, -0.2) is 5.97 Å². The van der Waals surface area contributed by atoms with Gasteiger partial charge in [0.15, 0.2) is 17.3 Å². The molecule has 0 aromatic heterocycles. The van der Waals surface area contributed by atoms with E-state index < -0.39 is 35.0 Å². The second kappa shape index (κ2) is 5.63. The Morgan fingerprint density at radius 2 is 1.52 bits per heavy atom. The molecule has 0 radical (unpaired) electrons. The van der Waals surface area contributed by atoms with Crippen LogP contribution in [0.1, 0.15) is 10.4 Å². The zero-order valence-corrected chi connectivity index (χ0v) is 10.2. The maximum Gasteiger partial charge on any atom is 0.343 e. The van der Waals surface area contributed by atoms with E-state index in [1.54, 1.807) is 0 Å². The lowest BCUT2D eigenvalue weighted by molar-refractivity contribution is 0.0717. The van der Waals surface area contributed by atoms with Crippen LogP contribution in [0, 0.1) is 29.8 Å². The standard InChI is InChI=1S/C14H5F4NO2/c1-19-8-4-2-7(3-5-8)14(20)21-13-11(17)9(15)6-10(16)12(13)18/h2-6H. The zero-order chi connectivity index (χ0) is 15.6. The average molecular weight is 295 g/mol. The predicted octanol–water partition coefficient (Wildman–Crippen LogP) is 4.01. The van der Waals surface area contributed by atoms with Crippen molar-refractivity contribution in [1.29, 1.82) is 0 Å². The summed E-state index contributed by atoms with van der Waals surface area (Å²) in [5.41, 5.74) is 0.103. The predicted molar refractivity (Wildman–Crippen MR) is 63.9 cm³/mol. The molecule has 2 rings (SSSR count). The molecule has 0 spiro atoms. The molecule has 0 aliphatic carbocycles. The van der Waals surface area contributed by atoms with Crippen molar-refractivity contribution in [1.82, 2.24) is 0 Å². The smallest absolute Gasteiger partial charge is 0.343 e. The molecule has 7 heteroatoms. The largest absolute Gasteiger partial charge is 0.416 e. The minimum atomic E-state index is -1.81. The molecule has 0 bridgehead atoms. The number of benzene rings is 2. The van der Waals surface area contributed by atoms with Gasteiger partial charge in [0.2, 0.25) is 17.4 Å². The second-order valence-electron chi connectivity index (χ2n) is 3.85. The number of carbonyl (C=O) groups excluding carboxylic acids is 1. The molecular weight excluding hydrogens is 290 g/mol. The summed E-state index contributed by atoms with van der Waals surface area (Å²) in [5.74, 6) is -9.64. The lowest BCUT2D eigenvalue weighted by atomic mass is 10.2. The van der Waals surface area contributed by atoms with E-state index in [4.69, 9.17) is 6.57 Å². The molecule has 106 valence electrons. The molecule has 0 N–H and O–H groups in total. The van der Waals surface area contributed by atoms with Gasteiger partial charge in [-0.25, -0.2) is 18.4 Å². The van der Waals surface area contributed by atoms with Gasteiger partial charge in [0.1, 0.15) is 0 Å². The maximum atomic E-state index is 13.3. The number of hydrogen-bond donors (Lipinski definition) is 0. The summed E-state index contributed by atoms with van der Waals surface area (Å²) in [5, 5.41) is 0. The van der Waals surface area contributed by atoms with Crippen molar-refractivity contribution in [2.24, 2.45) is 0 Å². The molecule has 2 aromatic carbocycles. The molecule has 0 atom stereocenters. The highest BCUT2D eigenvalue weighted by molar-refractivity contribution is 5.91. The van der Waals surface area contributed by atoms with Crippen molar-refractivity contribution in [3.8, 4) is 5.75 Å². The number of nitrogens with zero attached hydrogens (tertiary/aromatic N) is 1. The molecule has 2 aromatic rings. The number of halogens is 4. The minimum Gasteiger partial charge on any atom is -0.416 e. The average Bonchev–Trinajstić information content (AvgIpc) is 2.49. The van der Waals surface area contributed by atoms with Crippen LogP contribution < -0.4 is 4.74 Å². The van der Waals surface area contributed by atoms with E-state index in [2.05, 4.69) is 9.58 Å². The first kappa shape index (κ1) is 14.5. The van der Waals surface area contributed by atoms with Crippen LogP contribution in [0.25, 0.3) is 4.85 Å². The summed E-state index contributed by atoms with van der Waals surface area (Å²) in [6.07, 6.45) is 0. The third-order valence-corrected chi connectivity index (χ3v) is 2.50. The fourth-order valence-electron chi connectivity index (χ4n) is 1.46. The lowest BCUT2D eigenvalue weighted by Crippen LogP contribution is -2.12. The van der Waals surface area contributed by atoms with E-state index in [-0.39, 0.29) is 17.3 Å². The Morgan fingerprint density at radius 1 is 1.00 bits per heavy atom. The molecule has 0 amide bonds. The van der Waals surface area contributed by atoms with Crippen molar-refractivity contribution in [3.63, 3.8) is 0 Å². The number of rotatable bonds is 2. The second-order valence-corrected chi connectivity index (χ2v) is 3.85. The van der Waals surface area contributed by atoms with Gasteiger partial charge >= 0.3 is 5.97 Å². The van der Waals surface area contributed by atoms with E-state index in [0.29, 0.717) is 0 Å². The third kappa shape index (κ3) is 2.84. The molecular formula is C14H5F4NO2. The topological polar surface area (TPSA) is 30.7 Å². The van der Waals surface area contributed by atoms with Crippen molar-refractivity contribution in [3.05, 3.63) is 70.6 Å². The molecule has 0 heterocycles. The molecule has 0 aliphatic rings. The molecule has 0 fully saturated rings. The molecule has 0 saturated heterocycles. The van der Waals surface area contributed by atoms with Crippen LogP contribution in [0.4, 0.5) is 23.2 Å². The third-order valence-electron chi connectivity index (χ3n) is 2.50. The SMILES string of the molecule is [C-]#[N+]c1ccc(C(=O)Oc2c(F)c(F)cc(F)c2F)cc1. The Kier molecular flexibility index (Phi) is 3.89. The molecule has 0 saturated carbocycles. The Hall–Kier alpha value is -2.88. The highest BCUT2D eigenvalue weighted by Crippen LogP contribution is 2.27. The van der Waals surface area contributed by atoms with Gasteiger partial charge in [0.25, 0.3) is 0 Å². The molecule has 21 heavy (non-hydrogen) atoms. The Bertz CT molecular complexity index is 725. The van der Waals surface area contributed by atoms with Gasteiger partial charge in [-0.1, -0.05) is 24.3 Å². The van der Waals surface area contributed by atoms with Crippen LogP contribution in [0.5, 0.6) is 5.75 Å². The number of hydrogen-bond acceptors (Lipinski definition) is 2. The highest BCUT2D eigenvalue weighted by Gasteiger charge is 2.23. The lowest BCUT2D eigenvalue weighted by Gasteiger charge is -2.08. The van der Waals surface area contributed by atoms with Gasteiger partial charge in [-0.3, -0.25) is 0 Å². The number of esters is 1. The van der Waals surface area contributed by atoms with Gasteiger partial charge in [-0.15, -0.1) is 0 Å². The summed E-state index contributed by atoms with van der Waals surface area (Å²) in [7, 11) is 0. The number of ether oxygens (including phenoxy) is 1. The van der Waals surface area contributed by atoms with Gasteiger partial charge < -0.3 is 4.74 Å². The fraction of sp³-hybridized carbons (Fsp3) is 0. The zero-order valence-electron chi connectivity index (χ0n) is 10.2. The minimum absolute atomic E-state index is 0.00650. The Morgan fingerprint density at radius 3 is 2.00 bits per heavy atom. The van der Waals surface area contributed by atoms with Crippen LogP contribution in [0.15, 0.2) is 30.3 Å². The first-order valence-electron chi connectivity index (χ1n) is 5.46. The van der Waals surface area contributed by atoms with Crippen LogP contribution in [0.3, 0.4) is 0 Å². The summed E-state index contributed by atoms with van der Waals surface area (Å²) in [4.78, 5) is 14.7. The van der Waals surface area contributed by atoms with Crippen molar-refractivity contribution >= 4 is 11.7 Å². The summed E-state index contributed by atoms with van der Waals surface area (Å²) in [6, 6.07) is 4.93. The van der Waals surface area contributed by atoms with Crippen LogP contribution in [-0.2, 0) is 0 Å². The summed E-state index contributed by atoms with van der Waals surface area (Å²) < 4.78 is 57.0. The first-order valence-corrected chi connectivity index (χ1v) is 5.46. The summed E-state index contributed by atoms with van der Waals surface area (Å²) >= 11 is 0.